The molecule has 0 radical (unpaired) electrons. The van der Waals surface area contributed by atoms with Gasteiger partial charge in [-0.05, 0) is 61.7 Å². The lowest BCUT2D eigenvalue weighted by Crippen LogP contribution is -2.18. The zero-order valence-corrected chi connectivity index (χ0v) is 16.7. The maximum Gasteiger partial charge on any atom is 0.348 e. The molecular formula is C16H9Br2ClO4S. The maximum atomic E-state index is 12.0. The Bertz CT molecular complexity index is 827. The van der Waals surface area contributed by atoms with E-state index in [0.29, 0.717) is 21.0 Å². The van der Waals surface area contributed by atoms with Crippen molar-refractivity contribution < 1.29 is 19.1 Å². The van der Waals surface area contributed by atoms with Gasteiger partial charge in [0.1, 0.15) is 11.5 Å². The average molecular weight is 493 g/mol. The predicted molar refractivity (Wildman–Crippen MR) is 99.3 cm³/mol. The Morgan fingerprint density at radius 3 is 2.79 bits per heavy atom. The van der Waals surface area contributed by atoms with Crippen LogP contribution < -0.4 is 0 Å². The van der Waals surface area contributed by atoms with Gasteiger partial charge in [0.25, 0.3) is 0 Å². The number of carbonyl (C=O) groups excluding carboxylic acids is 2. The fourth-order valence-electron chi connectivity index (χ4n) is 2.12. The first-order chi connectivity index (χ1) is 11.4. The third kappa shape index (κ3) is 3.91. The Labute approximate surface area is 163 Å². The lowest BCUT2D eigenvalue weighted by atomic mass is 10.1. The number of thiophene rings is 1. The van der Waals surface area contributed by atoms with Crippen LogP contribution in [0, 0.1) is 0 Å². The van der Waals surface area contributed by atoms with Crippen molar-refractivity contribution in [2.75, 3.05) is 6.61 Å². The fraction of sp³-hybridized carbons (Fsp3) is 0.125. The van der Waals surface area contributed by atoms with Crippen molar-refractivity contribution in [3.8, 4) is 0 Å². The number of rotatable bonds is 4. The molecular weight excluding hydrogens is 484 g/mol. The van der Waals surface area contributed by atoms with E-state index in [9.17, 15) is 9.59 Å². The van der Waals surface area contributed by atoms with Crippen molar-refractivity contribution in [1.82, 2.24) is 0 Å². The summed E-state index contributed by atoms with van der Waals surface area (Å²) in [5.41, 5.74) is 1.09. The SMILES string of the molecule is O=C1OC(COC(=O)c2cc(Br)c(Br)s2)C=C1c1cccc(Cl)c1. The van der Waals surface area contributed by atoms with Gasteiger partial charge in [-0.1, -0.05) is 23.7 Å². The highest BCUT2D eigenvalue weighted by atomic mass is 79.9. The highest BCUT2D eigenvalue weighted by Gasteiger charge is 2.28. The van der Waals surface area contributed by atoms with Crippen LogP contribution in [0.4, 0.5) is 0 Å². The van der Waals surface area contributed by atoms with Gasteiger partial charge >= 0.3 is 11.9 Å². The molecule has 1 aromatic carbocycles. The second-order valence-electron chi connectivity index (χ2n) is 4.87. The molecule has 3 rings (SSSR count). The molecule has 0 N–H and O–H groups in total. The Kier molecular flexibility index (Phi) is 5.44. The molecule has 0 amide bonds. The monoisotopic (exact) mass is 490 g/mol. The van der Waals surface area contributed by atoms with Crippen molar-refractivity contribution in [2.24, 2.45) is 0 Å². The summed E-state index contributed by atoms with van der Waals surface area (Å²) in [6.45, 7) is -0.0399. The molecule has 8 heteroatoms. The van der Waals surface area contributed by atoms with Crippen molar-refractivity contribution in [3.05, 3.63) is 60.1 Å². The van der Waals surface area contributed by atoms with E-state index in [1.165, 1.54) is 11.3 Å². The lowest BCUT2D eigenvalue weighted by molar-refractivity contribution is -0.139. The summed E-state index contributed by atoms with van der Waals surface area (Å²) in [4.78, 5) is 24.4. The summed E-state index contributed by atoms with van der Waals surface area (Å²) in [6, 6.07) is 8.61. The summed E-state index contributed by atoms with van der Waals surface area (Å²) in [7, 11) is 0. The number of hydrogen-bond donors (Lipinski definition) is 0. The van der Waals surface area contributed by atoms with Crippen molar-refractivity contribution in [3.63, 3.8) is 0 Å². The van der Waals surface area contributed by atoms with Crippen LogP contribution in [-0.4, -0.2) is 24.6 Å². The van der Waals surface area contributed by atoms with E-state index in [2.05, 4.69) is 31.9 Å². The highest BCUT2D eigenvalue weighted by molar-refractivity contribution is 9.13. The third-order valence-electron chi connectivity index (χ3n) is 3.19. The van der Waals surface area contributed by atoms with Crippen LogP contribution in [0.3, 0.4) is 0 Å². The second kappa shape index (κ2) is 7.39. The molecule has 0 saturated carbocycles. The van der Waals surface area contributed by atoms with Crippen LogP contribution in [0.2, 0.25) is 5.02 Å². The maximum absolute atomic E-state index is 12.0. The van der Waals surface area contributed by atoms with Gasteiger partial charge in [-0.15, -0.1) is 11.3 Å². The normalized spacial score (nSPS) is 16.7. The van der Waals surface area contributed by atoms with Crippen molar-refractivity contribution in [2.45, 2.75) is 6.10 Å². The molecule has 124 valence electrons. The molecule has 1 aromatic heterocycles. The molecule has 1 atom stereocenters. The third-order valence-corrected chi connectivity index (χ3v) is 6.66. The Morgan fingerprint density at radius 1 is 1.33 bits per heavy atom. The van der Waals surface area contributed by atoms with Crippen LogP contribution >= 0.6 is 54.8 Å². The number of esters is 2. The average Bonchev–Trinajstić information content (AvgIpc) is 3.08. The number of ether oxygens (including phenoxy) is 2. The molecule has 0 spiro atoms. The summed E-state index contributed by atoms with van der Waals surface area (Å²) in [6.07, 6.45) is 1.03. The molecule has 0 bridgehead atoms. The number of halogens is 3. The first-order valence-electron chi connectivity index (χ1n) is 6.75. The van der Waals surface area contributed by atoms with Gasteiger partial charge in [0.2, 0.25) is 0 Å². The molecule has 1 aliphatic heterocycles. The summed E-state index contributed by atoms with van der Waals surface area (Å²) in [5.74, 6) is -0.924. The summed E-state index contributed by atoms with van der Waals surface area (Å²) < 4.78 is 12.0. The Morgan fingerprint density at radius 2 is 2.12 bits per heavy atom. The zero-order chi connectivity index (χ0) is 17.3. The van der Waals surface area contributed by atoms with E-state index < -0.39 is 18.0 Å². The van der Waals surface area contributed by atoms with Gasteiger partial charge < -0.3 is 9.47 Å². The first kappa shape index (κ1) is 17.7. The van der Waals surface area contributed by atoms with E-state index >= 15 is 0 Å². The largest absolute Gasteiger partial charge is 0.457 e. The molecule has 1 aliphatic rings. The van der Waals surface area contributed by atoms with E-state index in [-0.39, 0.29) is 6.61 Å². The van der Waals surface area contributed by atoms with Crippen LogP contribution in [0.15, 0.2) is 44.7 Å². The topological polar surface area (TPSA) is 52.6 Å². The molecule has 0 aliphatic carbocycles. The van der Waals surface area contributed by atoms with Gasteiger partial charge in [0.05, 0.1) is 9.36 Å². The molecule has 24 heavy (non-hydrogen) atoms. The Hall–Kier alpha value is -1.15. The van der Waals surface area contributed by atoms with Crippen LogP contribution in [-0.2, 0) is 14.3 Å². The Balaban J connectivity index is 1.66. The van der Waals surface area contributed by atoms with Crippen LogP contribution in [0.25, 0.3) is 5.57 Å². The minimum absolute atomic E-state index is 0.0399. The quantitative estimate of drug-likeness (QED) is 0.558. The molecule has 0 fully saturated rings. The molecule has 0 saturated heterocycles. The van der Waals surface area contributed by atoms with E-state index in [1.54, 1.807) is 36.4 Å². The van der Waals surface area contributed by atoms with Gasteiger partial charge in [0, 0.05) is 9.50 Å². The highest BCUT2D eigenvalue weighted by Crippen LogP contribution is 2.33. The molecule has 1 unspecified atom stereocenters. The van der Waals surface area contributed by atoms with Gasteiger partial charge in [-0.3, -0.25) is 0 Å². The molecule has 2 aromatic rings. The van der Waals surface area contributed by atoms with Crippen molar-refractivity contribution >= 4 is 72.3 Å². The predicted octanol–water partition coefficient (Wildman–Crippen LogP) is 5.09. The second-order valence-corrected chi connectivity index (χ2v) is 8.53. The van der Waals surface area contributed by atoms with Crippen LogP contribution in [0.5, 0.6) is 0 Å². The number of carbonyl (C=O) groups is 2. The van der Waals surface area contributed by atoms with Crippen molar-refractivity contribution in [1.29, 1.82) is 0 Å². The number of cyclic esters (lactones) is 1. The van der Waals surface area contributed by atoms with E-state index in [0.717, 1.165) is 8.26 Å². The smallest absolute Gasteiger partial charge is 0.348 e. The lowest BCUT2D eigenvalue weighted by Gasteiger charge is -2.08. The zero-order valence-electron chi connectivity index (χ0n) is 11.9. The fourth-order valence-corrected chi connectivity index (χ4v) is 4.24. The standard InChI is InChI=1S/C16H9Br2ClO4S/c17-12-6-13(24-14(12)18)16(21)22-7-10-5-11(15(20)23-10)8-2-1-3-9(19)4-8/h1-6,10H,7H2. The van der Waals surface area contributed by atoms with Gasteiger partial charge in [-0.2, -0.15) is 0 Å². The van der Waals surface area contributed by atoms with Crippen LogP contribution in [0.1, 0.15) is 15.2 Å². The summed E-state index contributed by atoms with van der Waals surface area (Å²) in [5, 5.41) is 0.532. The summed E-state index contributed by atoms with van der Waals surface area (Å²) >= 11 is 13.8. The van der Waals surface area contributed by atoms with Gasteiger partial charge in [-0.25, -0.2) is 9.59 Å². The van der Waals surface area contributed by atoms with E-state index in [1.807, 2.05) is 0 Å². The minimum Gasteiger partial charge on any atom is -0.457 e. The molecule has 4 nitrogen and oxygen atoms in total. The number of benzene rings is 1. The van der Waals surface area contributed by atoms with Gasteiger partial charge in [0.15, 0.2) is 6.10 Å². The number of hydrogen-bond acceptors (Lipinski definition) is 5. The van der Waals surface area contributed by atoms with E-state index in [4.69, 9.17) is 21.1 Å². The first-order valence-corrected chi connectivity index (χ1v) is 9.53. The minimum atomic E-state index is -0.609. The molecule has 2 heterocycles.